The van der Waals surface area contributed by atoms with E-state index in [4.69, 9.17) is 0 Å². The van der Waals surface area contributed by atoms with E-state index in [2.05, 4.69) is 0 Å². The number of non-ortho nitro benzene ring substituents is 1. The van der Waals surface area contributed by atoms with E-state index in [1.807, 2.05) is 30.9 Å². The Morgan fingerprint density at radius 3 is 2.47 bits per heavy atom. The number of aliphatic hydroxyl groups excluding tert-OH is 1. The first-order valence-electron chi connectivity index (χ1n) is 10.6. The van der Waals surface area contributed by atoms with E-state index in [1.54, 1.807) is 6.07 Å². The number of nitrogens with zero attached hydrogens (tertiary/aromatic N) is 3. The number of likely N-dealkylation sites (tertiary alicyclic amines) is 1. The van der Waals surface area contributed by atoms with Gasteiger partial charge >= 0.3 is 0 Å². The van der Waals surface area contributed by atoms with E-state index in [0.717, 1.165) is 24.0 Å². The second kappa shape index (κ2) is 8.55. The molecule has 0 saturated carbocycles. The molecule has 1 unspecified atom stereocenters. The number of hydrogen-bond donors (Lipinski definition) is 1. The molecule has 0 radical (unpaired) electrons. The zero-order valence-corrected chi connectivity index (χ0v) is 18.1. The Labute approximate surface area is 185 Å². The van der Waals surface area contributed by atoms with Gasteiger partial charge in [0.15, 0.2) is 0 Å². The van der Waals surface area contributed by atoms with Gasteiger partial charge in [-0.05, 0) is 67.5 Å². The molecule has 8 nitrogen and oxygen atoms in total. The number of anilines is 1. The SMILES string of the molecule is Cc1cccc(N2C(=O)C(c3ccc([N+](=O)[O-])cc3)=C(N3CCCC(CO)C3)C2=O)c1C. The van der Waals surface area contributed by atoms with Crippen molar-refractivity contribution in [1.82, 2.24) is 4.90 Å². The largest absolute Gasteiger partial charge is 0.396 e. The second-order valence-electron chi connectivity index (χ2n) is 8.33. The van der Waals surface area contributed by atoms with Gasteiger partial charge in [0.05, 0.1) is 16.2 Å². The summed E-state index contributed by atoms with van der Waals surface area (Å²) in [5, 5.41) is 20.7. The van der Waals surface area contributed by atoms with E-state index in [-0.39, 0.29) is 23.8 Å². The van der Waals surface area contributed by atoms with Crippen molar-refractivity contribution in [1.29, 1.82) is 0 Å². The number of piperidine rings is 1. The number of imide groups is 1. The van der Waals surface area contributed by atoms with Crippen molar-refractivity contribution in [2.24, 2.45) is 5.92 Å². The normalized spacial score (nSPS) is 19.2. The standard InChI is InChI=1S/C24H25N3O5/c1-15-5-3-7-20(16(15)2)26-23(29)21(18-8-10-19(11-9-18)27(31)32)22(24(26)30)25-12-4-6-17(13-25)14-28/h3,5,7-11,17,28H,4,6,12-14H2,1-2H3. The summed E-state index contributed by atoms with van der Waals surface area (Å²) in [6, 6.07) is 11.2. The summed E-state index contributed by atoms with van der Waals surface area (Å²) in [7, 11) is 0. The lowest BCUT2D eigenvalue weighted by Gasteiger charge is -2.34. The van der Waals surface area contributed by atoms with Crippen LogP contribution in [0.1, 0.15) is 29.5 Å². The Kier molecular flexibility index (Phi) is 5.80. The van der Waals surface area contributed by atoms with Crippen LogP contribution in [0.5, 0.6) is 0 Å². The third kappa shape index (κ3) is 3.67. The number of rotatable bonds is 5. The predicted molar refractivity (Wildman–Crippen MR) is 120 cm³/mol. The van der Waals surface area contributed by atoms with Crippen LogP contribution in [0.4, 0.5) is 11.4 Å². The Hall–Kier alpha value is -3.52. The van der Waals surface area contributed by atoms with E-state index >= 15 is 0 Å². The topological polar surface area (TPSA) is 104 Å². The number of nitro groups is 1. The van der Waals surface area contributed by atoms with Crippen LogP contribution in [-0.2, 0) is 9.59 Å². The van der Waals surface area contributed by atoms with Crippen molar-refractivity contribution in [3.8, 4) is 0 Å². The molecule has 166 valence electrons. The molecule has 1 fully saturated rings. The van der Waals surface area contributed by atoms with Crippen molar-refractivity contribution < 1.29 is 19.6 Å². The molecule has 0 spiro atoms. The van der Waals surface area contributed by atoms with Crippen molar-refractivity contribution in [3.05, 3.63) is 75.0 Å². The highest BCUT2D eigenvalue weighted by Gasteiger charge is 2.43. The third-order valence-electron chi connectivity index (χ3n) is 6.34. The molecule has 1 saturated heterocycles. The molecule has 1 atom stereocenters. The van der Waals surface area contributed by atoms with E-state index in [0.29, 0.717) is 30.0 Å². The molecule has 8 heteroatoms. The molecule has 4 rings (SSSR count). The third-order valence-corrected chi connectivity index (χ3v) is 6.34. The van der Waals surface area contributed by atoms with Gasteiger partial charge < -0.3 is 10.0 Å². The molecule has 2 aromatic carbocycles. The van der Waals surface area contributed by atoms with Gasteiger partial charge in [0.25, 0.3) is 17.5 Å². The minimum absolute atomic E-state index is 0.0134. The fourth-order valence-electron chi connectivity index (χ4n) is 4.44. The van der Waals surface area contributed by atoms with Crippen LogP contribution in [0.3, 0.4) is 0 Å². The summed E-state index contributed by atoms with van der Waals surface area (Å²) >= 11 is 0. The van der Waals surface area contributed by atoms with Crippen LogP contribution >= 0.6 is 0 Å². The van der Waals surface area contributed by atoms with Gasteiger partial charge in [-0.25, -0.2) is 4.90 Å². The van der Waals surface area contributed by atoms with Gasteiger partial charge in [-0.15, -0.1) is 0 Å². The monoisotopic (exact) mass is 435 g/mol. The highest BCUT2D eigenvalue weighted by molar-refractivity contribution is 6.45. The van der Waals surface area contributed by atoms with E-state index in [9.17, 15) is 24.8 Å². The molecule has 0 bridgehead atoms. The number of carbonyl (C=O) groups is 2. The van der Waals surface area contributed by atoms with Crippen LogP contribution in [0, 0.1) is 29.9 Å². The number of hydrogen-bond acceptors (Lipinski definition) is 6. The Bertz CT molecular complexity index is 1120. The summed E-state index contributed by atoms with van der Waals surface area (Å²) in [6.07, 6.45) is 1.66. The van der Waals surface area contributed by atoms with Gasteiger partial charge in [-0.1, -0.05) is 12.1 Å². The molecule has 0 aromatic heterocycles. The summed E-state index contributed by atoms with van der Waals surface area (Å²) < 4.78 is 0. The van der Waals surface area contributed by atoms with Crippen LogP contribution in [0.2, 0.25) is 0 Å². The van der Waals surface area contributed by atoms with Gasteiger partial charge in [0.1, 0.15) is 5.70 Å². The first kappa shape index (κ1) is 21.7. The highest BCUT2D eigenvalue weighted by Crippen LogP contribution is 2.38. The number of aliphatic hydroxyl groups is 1. The average Bonchev–Trinajstić information content (AvgIpc) is 3.05. The Balaban J connectivity index is 1.84. The molecule has 2 aliphatic rings. The number of amides is 2. The fourth-order valence-corrected chi connectivity index (χ4v) is 4.44. The maximum atomic E-state index is 13.7. The maximum absolute atomic E-state index is 13.7. The van der Waals surface area contributed by atoms with Gasteiger partial charge in [-0.2, -0.15) is 0 Å². The zero-order chi connectivity index (χ0) is 23.0. The molecule has 2 aliphatic heterocycles. The molecule has 32 heavy (non-hydrogen) atoms. The summed E-state index contributed by atoms with van der Waals surface area (Å²) in [6.45, 7) is 4.88. The summed E-state index contributed by atoms with van der Waals surface area (Å²) in [5.74, 6) is -0.832. The van der Waals surface area contributed by atoms with E-state index < -0.39 is 16.7 Å². The molecular weight excluding hydrogens is 410 g/mol. The molecule has 0 aliphatic carbocycles. The smallest absolute Gasteiger partial charge is 0.282 e. The summed E-state index contributed by atoms with van der Waals surface area (Å²) in [5.41, 5.74) is 3.25. The first-order chi connectivity index (χ1) is 15.3. The van der Waals surface area contributed by atoms with Crippen molar-refractivity contribution in [3.63, 3.8) is 0 Å². The highest BCUT2D eigenvalue weighted by atomic mass is 16.6. The quantitative estimate of drug-likeness (QED) is 0.439. The molecule has 2 aromatic rings. The Morgan fingerprint density at radius 1 is 1.09 bits per heavy atom. The number of benzene rings is 2. The first-order valence-corrected chi connectivity index (χ1v) is 10.6. The number of carbonyl (C=O) groups excluding carboxylic acids is 2. The van der Waals surface area contributed by atoms with Crippen LogP contribution < -0.4 is 4.90 Å². The lowest BCUT2D eigenvalue weighted by molar-refractivity contribution is -0.384. The number of nitro benzene ring substituents is 1. The predicted octanol–water partition coefficient (Wildman–Crippen LogP) is 3.20. The molecule has 1 N–H and O–H groups in total. The van der Waals surface area contributed by atoms with Gasteiger partial charge in [0.2, 0.25) is 0 Å². The molecule has 2 heterocycles. The fraction of sp³-hybridized carbons (Fsp3) is 0.333. The van der Waals surface area contributed by atoms with Gasteiger partial charge in [0, 0.05) is 31.8 Å². The average molecular weight is 435 g/mol. The number of aryl methyl sites for hydroxylation is 1. The zero-order valence-electron chi connectivity index (χ0n) is 18.1. The minimum Gasteiger partial charge on any atom is -0.396 e. The Morgan fingerprint density at radius 2 is 1.81 bits per heavy atom. The van der Waals surface area contributed by atoms with Crippen LogP contribution in [-0.4, -0.2) is 46.4 Å². The maximum Gasteiger partial charge on any atom is 0.282 e. The van der Waals surface area contributed by atoms with Crippen molar-refractivity contribution >= 4 is 28.8 Å². The van der Waals surface area contributed by atoms with Crippen LogP contribution in [0.25, 0.3) is 5.57 Å². The lowest BCUT2D eigenvalue weighted by Crippen LogP contribution is -2.40. The minimum atomic E-state index is -0.500. The van der Waals surface area contributed by atoms with Crippen molar-refractivity contribution in [2.75, 3.05) is 24.6 Å². The van der Waals surface area contributed by atoms with Gasteiger partial charge in [-0.3, -0.25) is 19.7 Å². The lowest BCUT2D eigenvalue weighted by atomic mass is 9.97. The van der Waals surface area contributed by atoms with Crippen molar-refractivity contribution in [2.45, 2.75) is 26.7 Å². The summed E-state index contributed by atoms with van der Waals surface area (Å²) in [4.78, 5) is 41.0. The van der Waals surface area contributed by atoms with Crippen LogP contribution in [0.15, 0.2) is 48.2 Å². The van der Waals surface area contributed by atoms with E-state index in [1.165, 1.54) is 29.2 Å². The second-order valence-corrected chi connectivity index (χ2v) is 8.33. The molecular formula is C24H25N3O5. The molecule has 2 amide bonds.